The summed E-state index contributed by atoms with van der Waals surface area (Å²) >= 11 is 3.34. The SMILES string of the molecule is N=C(N)c1ccc(-c2ccc(-c3ccc4ccccc4c3)s2)s1. The number of rotatable bonds is 3. The third-order valence-corrected chi connectivity index (χ3v) is 6.20. The highest BCUT2D eigenvalue weighted by Crippen LogP contribution is 2.38. The topological polar surface area (TPSA) is 49.9 Å². The van der Waals surface area contributed by atoms with Crippen molar-refractivity contribution in [2.24, 2.45) is 5.73 Å². The van der Waals surface area contributed by atoms with Crippen LogP contribution in [0.15, 0.2) is 66.7 Å². The van der Waals surface area contributed by atoms with Gasteiger partial charge in [0.15, 0.2) is 0 Å². The molecule has 2 nitrogen and oxygen atoms in total. The first kappa shape index (κ1) is 14.2. The van der Waals surface area contributed by atoms with Gasteiger partial charge in [0.05, 0.1) is 4.88 Å². The molecule has 4 rings (SSSR count). The number of benzene rings is 2. The van der Waals surface area contributed by atoms with Crippen molar-refractivity contribution in [3.63, 3.8) is 0 Å². The van der Waals surface area contributed by atoms with E-state index in [-0.39, 0.29) is 5.84 Å². The van der Waals surface area contributed by atoms with Crippen LogP contribution in [0, 0.1) is 5.41 Å². The van der Waals surface area contributed by atoms with Crippen molar-refractivity contribution in [1.82, 2.24) is 0 Å². The van der Waals surface area contributed by atoms with Crippen LogP contribution in [0.1, 0.15) is 4.88 Å². The summed E-state index contributed by atoms with van der Waals surface area (Å²) in [4.78, 5) is 4.45. The van der Waals surface area contributed by atoms with Gasteiger partial charge in [-0.15, -0.1) is 22.7 Å². The first-order valence-corrected chi connectivity index (χ1v) is 8.87. The lowest BCUT2D eigenvalue weighted by atomic mass is 10.1. The van der Waals surface area contributed by atoms with E-state index in [2.05, 4.69) is 54.6 Å². The van der Waals surface area contributed by atoms with Gasteiger partial charge < -0.3 is 5.73 Å². The molecule has 0 aliphatic heterocycles. The molecule has 0 aliphatic rings. The van der Waals surface area contributed by atoms with Crippen molar-refractivity contribution in [2.45, 2.75) is 0 Å². The Hall–Kier alpha value is -2.43. The Morgan fingerprint density at radius 3 is 2.22 bits per heavy atom. The number of hydrogen-bond donors (Lipinski definition) is 2. The zero-order chi connectivity index (χ0) is 15.8. The molecule has 0 amide bonds. The lowest BCUT2D eigenvalue weighted by Gasteiger charge is -2.01. The van der Waals surface area contributed by atoms with Gasteiger partial charge >= 0.3 is 0 Å². The number of hydrogen-bond acceptors (Lipinski definition) is 3. The van der Waals surface area contributed by atoms with Crippen molar-refractivity contribution in [1.29, 1.82) is 5.41 Å². The molecule has 112 valence electrons. The molecule has 0 aliphatic carbocycles. The monoisotopic (exact) mass is 334 g/mol. The molecule has 3 N–H and O–H groups in total. The van der Waals surface area contributed by atoms with Gasteiger partial charge in [-0.25, -0.2) is 0 Å². The van der Waals surface area contributed by atoms with Crippen LogP contribution in [0.4, 0.5) is 0 Å². The van der Waals surface area contributed by atoms with Crippen molar-refractivity contribution in [3.05, 3.63) is 71.6 Å². The third kappa shape index (κ3) is 2.67. The van der Waals surface area contributed by atoms with E-state index in [0.717, 1.165) is 9.75 Å². The minimum Gasteiger partial charge on any atom is -0.383 e. The van der Waals surface area contributed by atoms with Gasteiger partial charge in [-0.2, -0.15) is 0 Å². The van der Waals surface area contributed by atoms with Crippen LogP contribution >= 0.6 is 22.7 Å². The molecule has 0 saturated heterocycles. The normalized spacial score (nSPS) is 11.0. The Labute approximate surface area is 142 Å². The maximum absolute atomic E-state index is 7.52. The Kier molecular flexibility index (Phi) is 3.48. The van der Waals surface area contributed by atoms with Crippen molar-refractivity contribution < 1.29 is 0 Å². The first-order valence-electron chi connectivity index (χ1n) is 7.24. The van der Waals surface area contributed by atoms with Gasteiger partial charge in [0.25, 0.3) is 0 Å². The molecule has 0 atom stereocenters. The predicted octanol–water partition coefficient (Wildman–Crippen LogP) is 5.58. The molecule has 2 aromatic carbocycles. The molecule has 0 bridgehead atoms. The molecule has 2 heterocycles. The van der Waals surface area contributed by atoms with Crippen LogP contribution in [0.2, 0.25) is 0 Å². The van der Waals surface area contributed by atoms with E-state index in [1.165, 1.54) is 26.1 Å². The fourth-order valence-corrected chi connectivity index (χ4v) is 4.54. The van der Waals surface area contributed by atoms with Crippen molar-refractivity contribution >= 4 is 39.3 Å². The van der Waals surface area contributed by atoms with E-state index in [9.17, 15) is 0 Å². The molecule has 0 radical (unpaired) electrons. The average Bonchev–Trinajstić information content (AvgIpc) is 3.23. The summed E-state index contributed by atoms with van der Waals surface area (Å²) in [5.41, 5.74) is 6.79. The maximum atomic E-state index is 7.52. The summed E-state index contributed by atoms with van der Waals surface area (Å²) in [5, 5.41) is 10.0. The molecule has 4 heteroatoms. The number of thiophene rings is 2. The second kappa shape index (κ2) is 5.65. The van der Waals surface area contributed by atoms with Gasteiger partial charge in [-0.3, -0.25) is 5.41 Å². The van der Waals surface area contributed by atoms with E-state index in [4.69, 9.17) is 11.1 Å². The van der Waals surface area contributed by atoms with Crippen molar-refractivity contribution in [2.75, 3.05) is 0 Å². The lowest BCUT2D eigenvalue weighted by molar-refractivity contribution is 1.45. The highest BCUT2D eigenvalue weighted by atomic mass is 32.1. The predicted molar refractivity (Wildman–Crippen MR) is 102 cm³/mol. The fourth-order valence-electron chi connectivity index (χ4n) is 2.58. The minimum atomic E-state index is 0.132. The Morgan fingerprint density at radius 2 is 1.43 bits per heavy atom. The highest BCUT2D eigenvalue weighted by molar-refractivity contribution is 7.24. The molecule has 23 heavy (non-hydrogen) atoms. The van der Waals surface area contributed by atoms with E-state index in [1.807, 2.05) is 12.1 Å². The van der Waals surface area contributed by atoms with Crippen LogP contribution in [-0.2, 0) is 0 Å². The molecule has 0 fully saturated rings. The van der Waals surface area contributed by atoms with Gasteiger partial charge in [0, 0.05) is 14.6 Å². The van der Waals surface area contributed by atoms with Crippen LogP contribution < -0.4 is 5.73 Å². The molecule has 0 saturated carbocycles. The summed E-state index contributed by atoms with van der Waals surface area (Å²) in [6.45, 7) is 0. The molecule has 2 aromatic heterocycles. The van der Waals surface area contributed by atoms with Gasteiger partial charge in [-0.05, 0) is 46.7 Å². The Morgan fingerprint density at radius 1 is 0.739 bits per heavy atom. The molecular weight excluding hydrogens is 320 g/mol. The van der Waals surface area contributed by atoms with E-state index in [0.29, 0.717) is 0 Å². The average molecular weight is 334 g/mol. The molecule has 0 unspecified atom stereocenters. The standard InChI is InChI=1S/C19H14N2S2/c20-19(21)18-10-9-17(23-18)16-8-7-15(22-16)14-6-5-12-3-1-2-4-13(12)11-14/h1-11H,(H3,20,21). The van der Waals surface area contributed by atoms with Crippen LogP contribution in [0.25, 0.3) is 31.0 Å². The van der Waals surface area contributed by atoms with E-state index < -0.39 is 0 Å². The summed E-state index contributed by atoms with van der Waals surface area (Å²) in [6, 6.07) is 23.3. The Bertz CT molecular complexity index is 1010. The zero-order valence-corrected chi connectivity index (χ0v) is 13.9. The van der Waals surface area contributed by atoms with Gasteiger partial charge in [-0.1, -0.05) is 36.4 Å². The molecule has 4 aromatic rings. The summed E-state index contributed by atoms with van der Waals surface area (Å²) in [7, 11) is 0. The second-order valence-corrected chi connectivity index (χ2v) is 7.47. The largest absolute Gasteiger partial charge is 0.383 e. The number of nitrogen functional groups attached to an aromatic ring is 1. The quantitative estimate of drug-likeness (QED) is 0.373. The smallest absolute Gasteiger partial charge is 0.133 e. The Balaban J connectivity index is 1.72. The number of nitrogens with one attached hydrogen (secondary N) is 1. The van der Waals surface area contributed by atoms with E-state index in [1.54, 1.807) is 22.7 Å². The summed E-state index contributed by atoms with van der Waals surface area (Å²) in [6.07, 6.45) is 0. The van der Waals surface area contributed by atoms with Crippen LogP contribution in [0.3, 0.4) is 0 Å². The number of nitrogens with two attached hydrogens (primary N) is 1. The van der Waals surface area contributed by atoms with Gasteiger partial charge in [0.2, 0.25) is 0 Å². The fraction of sp³-hybridized carbons (Fsp3) is 0. The summed E-state index contributed by atoms with van der Waals surface area (Å²) in [5.74, 6) is 0.132. The van der Waals surface area contributed by atoms with Crippen molar-refractivity contribution in [3.8, 4) is 20.2 Å². The van der Waals surface area contributed by atoms with E-state index >= 15 is 0 Å². The van der Waals surface area contributed by atoms with Crippen LogP contribution in [0.5, 0.6) is 0 Å². The third-order valence-electron chi connectivity index (χ3n) is 3.75. The molecular formula is C19H14N2S2. The lowest BCUT2D eigenvalue weighted by Crippen LogP contribution is -2.08. The van der Waals surface area contributed by atoms with Gasteiger partial charge in [0.1, 0.15) is 5.84 Å². The number of fused-ring (bicyclic) bond motifs is 1. The highest BCUT2D eigenvalue weighted by Gasteiger charge is 2.09. The molecule has 0 spiro atoms. The maximum Gasteiger partial charge on any atom is 0.133 e. The second-order valence-electron chi connectivity index (χ2n) is 5.30. The summed E-state index contributed by atoms with van der Waals surface area (Å²) < 4.78 is 0. The number of amidine groups is 1. The van der Waals surface area contributed by atoms with Crippen LogP contribution in [-0.4, -0.2) is 5.84 Å². The minimum absolute atomic E-state index is 0.132. The zero-order valence-electron chi connectivity index (χ0n) is 12.2. The first-order chi connectivity index (χ1) is 11.2.